The van der Waals surface area contributed by atoms with Gasteiger partial charge in [-0.25, -0.2) is 8.42 Å². The number of benzene rings is 2. The van der Waals surface area contributed by atoms with Crippen molar-refractivity contribution in [2.24, 2.45) is 0 Å². The largest absolute Gasteiger partial charge is 0.326 e. The molecule has 3 rings (SSSR count). The fourth-order valence-electron chi connectivity index (χ4n) is 2.52. The SMILES string of the molecule is CC(=O)Nc1ccc(S(=O)(=O)Nc2cnn(Cc3ccc(C)cc3)c2)cc1. The molecular formula is C19H20N4O3S. The quantitative estimate of drug-likeness (QED) is 0.683. The minimum Gasteiger partial charge on any atom is -0.326 e. The molecule has 1 heterocycles. The molecule has 1 aromatic heterocycles. The summed E-state index contributed by atoms with van der Waals surface area (Å²) in [5, 5.41) is 6.80. The van der Waals surface area contributed by atoms with Gasteiger partial charge in [-0.3, -0.25) is 14.2 Å². The number of carbonyl (C=O) groups is 1. The van der Waals surface area contributed by atoms with Crippen LogP contribution >= 0.6 is 0 Å². The Labute approximate surface area is 158 Å². The normalized spacial score (nSPS) is 11.2. The summed E-state index contributed by atoms with van der Waals surface area (Å²) in [5.41, 5.74) is 3.17. The highest BCUT2D eigenvalue weighted by Gasteiger charge is 2.15. The van der Waals surface area contributed by atoms with E-state index < -0.39 is 10.0 Å². The van der Waals surface area contributed by atoms with E-state index in [0.29, 0.717) is 17.9 Å². The minimum atomic E-state index is -3.74. The van der Waals surface area contributed by atoms with E-state index >= 15 is 0 Å². The molecule has 7 nitrogen and oxygen atoms in total. The number of hydrogen-bond donors (Lipinski definition) is 2. The van der Waals surface area contributed by atoms with Crippen LogP contribution in [0.1, 0.15) is 18.1 Å². The first-order valence-electron chi connectivity index (χ1n) is 8.30. The third-order valence-corrected chi connectivity index (χ3v) is 5.23. The molecule has 27 heavy (non-hydrogen) atoms. The van der Waals surface area contributed by atoms with Crippen LogP contribution in [0.3, 0.4) is 0 Å². The molecule has 3 aromatic rings. The number of amides is 1. The molecule has 0 saturated carbocycles. The number of nitrogens with one attached hydrogen (secondary N) is 2. The zero-order valence-corrected chi connectivity index (χ0v) is 15.8. The second-order valence-electron chi connectivity index (χ2n) is 6.22. The fourth-order valence-corrected chi connectivity index (χ4v) is 3.55. The Morgan fingerprint density at radius 1 is 1.04 bits per heavy atom. The number of nitrogens with zero attached hydrogens (tertiary/aromatic N) is 2. The van der Waals surface area contributed by atoms with Gasteiger partial charge in [0, 0.05) is 18.8 Å². The van der Waals surface area contributed by atoms with Crippen LogP contribution in [0.15, 0.2) is 65.8 Å². The van der Waals surface area contributed by atoms with Crippen LogP contribution in [0.2, 0.25) is 0 Å². The van der Waals surface area contributed by atoms with E-state index in [0.717, 1.165) is 5.56 Å². The Balaban J connectivity index is 1.69. The molecule has 8 heteroatoms. The van der Waals surface area contributed by atoms with Crippen LogP contribution in [-0.2, 0) is 21.4 Å². The van der Waals surface area contributed by atoms with Crippen LogP contribution in [0.25, 0.3) is 0 Å². The van der Waals surface area contributed by atoms with Crippen molar-refractivity contribution in [3.05, 3.63) is 72.1 Å². The molecule has 0 aliphatic carbocycles. The highest BCUT2D eigenvalue weighted by molar-refractivity contribution is 7.92. The summed E-state index contributed by atoms with van der Waals surface area (Å²) in [5.74, 6) is -0.218. The van der Waals surface area contributed by atoms with Gasteiger partial charge in [-0.05, 0) is 36.8 Å². The molecular weight excluding hydrogens is 364 g/mol. The standard InChI is InChI=1S/C19H20N4O3S/c1-14-3-5-16(6-4-14)12-23-13-18(11-20-23)22-27(25,26)19-9-7-17(8-10-19)21-15(2)24/h3-11,13,22H,12H2,1-2H3,(H,21,24). The molecule has 0 atom stereocenters. The molecule has 0 fully saturated rings. The number of hydrogen-bond acceptors (Lipinski definition) is 4. The summed E-state index contributed by atoms with van der Waals surface area (Å²) in [6.07, 6.45) is 3.11. The predicted molar refractivity (Wildman–Crippen MR) is 104 cm³/mol. The van der Waals surface area contributed by atoms with Gasteiger partial charge in [-0.1, -0.05) is 29.8 Å². The predicted octanol–water partition coefficient (Wildman–Crippen LogP) is 3.00. The molecule has 0 radical (unpaired) electrons. The molecule has 1 amide bonds. The number of rotatable bonds is 6. The number of aryl methyl sites for hydroxylation is 1. The summed E-state index contributed by atoms with van der Waals surface area (Å²) in [7, 11) is -3.74. The molecule has 0 spiro atoms. The maximum absolute atomic E-state index is 12.5. The lowest BCUT2D eigenvalue weighted by Crippen LogP contribution is -2.13. The lowest BCUT2D eigenvalue weighted by molar-refractivity contribution is -0.114. The van der Waals surface area contributed by atoms with Gasteiger partial charge in [0.1, 0.15) is 0 Å². The van der Waals surface area contributed by atoms with Crippen LogP contribution < -0.4 is 10.0 Å². The van der Waals surface area contributed by atoms with Crippen LogP contribution in [0.4, 0.5) is 11.4 Å². The van der Waals surface area contributed by atoms with Crippen molar-refractivity contribution >= 4 is 27.3 Å². The first-order valence-corrected chi connectivity index (χ1v) is 9.79. The average Bonchev–Trinajstić information content (AvgIpc) is 3.03. The maximum atomic E-state index is 12.5. The maximum Gasteiger partial charge on any atom is 0.261 e. The van der Waals surface area contributed by atoms with Crippen molar-refractivity contribution in [1.29, 1.82) is 0 Å². The van der Waals surface area contributed by atoms with Crippen molar-refractivity contribution in [2.45, 2.75) is 25.3 Å². The first-order chi connectivity index (χ1) is 12.8. The number of anilines is 2. The lowest BCUT2D eigenvalue weighted by Gasteiger charge is -2.07. The molecule has 140 valence electrons. The topological polar surface area (TPSA) is 93.1 Å². The monoisotopic (exact) mass is 384 g/mol. The highest BCUT2D eigenvalue weighted by atomic mass is 32.2. The van der Waals surface area contributed by atoms with E-state index in [1.165, 1.54) is 42.9 Å². The van der Waals surface area contributed by atoms with Gasteiger partial charge in [0.2, 0.25) is 5.91 Å². The van der Waals surface area contributed by atoms with Gasteiger partial charge in [0.25, 0.3) is 10.0 Å². The minimum absolute atomic E-state index is 0.0999. The Hall–Kier alpha value is -3.13. The van der Waals surface area contributed by atoms with E-state index in [4.69, 9.17) is 0 Å². The lowest BCUT2D eigenvalue weighted by atomic mass is 10.1. The number of aromatic nitrogens is 2. The van der Waals surface area contributed by atoms with Gasteiger partial charge < -0.3 is 5.32 Å². The Morgan fingerprint density at radius 3 is 2.33 bits per heavy atom. The molecule has 0 aliphatic heterocycles. The van der Waals surface area contributed by atoms with Crippen molar-refractivity contribution in [2.75, 3.05) is 10.0 Å². The van der Waals surface area contributed by atoms with Crippen LogP contribution in [0.5, 0.6) is 0 Å². The molecule has 0 bridgehead atoms. The summed E-state index contributed by atoms with van der Waals surface area (Å²) in [6, 6.07) is 14.0. The Morgan fingerprint density at radius 2 is 1.70 bits per heavy atom. The summed E-state index contributed by atoms with van der Waals surface area (Å²) in [4.78, 5) is 11.1. The summed E-state index contributed by atoms with van der Waals surface area (Å²) < 4.78 is 29.2. The van der Waals surface area contributed by atoms with E-state index in [1.54, 1.807) is 10.9 Å². The molecule has 0 aliphatic rings. The van der Waals surface area contributed by atoms with Gasteiger partial charge in [0.15, 0.2) is 0 Å². The van der Waals surface area contributed by atoms with Gasteiger partial charge >= 0.3 is 0 Å². The van der Waals surface area contributed by atoms with Crippen molar-refractivity contribution in [1.82, 2.24) is 9.78 Å². The Bertz CT molecular complexity index is 1040. The summed E-state index contributed by atoms with van der Waals surface area (Å²) in [6.45, 7) is 3.96. The van der Waals surface area contributed by atoms with Crippen molar-refractivity contribution < 1.29 is 13.2 Å². The molecule has 0 unspecified atom stereocenters. The van der Waals surface area contributed by atoms with Gasteiger partial charge in [-0.15, -0.1) is 0 Å². The van der Waals surface area contributed by atoms with Crippen LogP contribution in [-0.4, -0.2) is 24.1 Å². The number of sulfonamides is 1. The Kier molecular flexibility index (Phi) is 5.27. The average molecular weight is 384 g/mol. The third kappa shape index (κ3) is 4.95. The molecule has 0 saturated heterocycles. The van der Waals surface area contributed by atoms with Crippen molar-refractivity contribution in [3.63, 3.8) is 0 Å². The fraction of sp³-hybridized carbons (Fsp3) is 0.158. The summed E-state index contributed by atoms with van der Waals surface area (Å²) >= 11 is 0. The zero-order chi connectivity index (χ0) is 19.4. The van der Waals surface area contributed by atoms with Gasteiger partial charge in [-0.2, -0.15) is 5.10 Å². The zero-order valence-electron chi connectivity index (χ0n) is 15.0. The van der Waals surface area contributed by atoms with E-state index in [2.05, 4.69) is 15.1 Å². The number of carbonyl (C=O) groups excluding carboxylic acids is 1. The smallest absolute Gasteiger partial charge is 0.261 e. The third-order valence-electron chi connectivity index (χ3n) is 3.84. The van der Waals surface area contributed by atoms with E-state index in [9.17, 15) is 13.2 Å². The van der Waals surface area contributed by atoms with E-state index in [1.807, 2.05) is 31.2 Å². The molecule has 2 N–H and O–H groups in total. The molecule has 2 aromatic carbocycles. The highest BCUT2D eigenvalue weighted by Crippen LogP contribution is 2.18. The van der Waals surface area contributed by atoms with Gasteiger partial charge in [0.05, 0.1) is 23.3 Å². The second kappa shape index (κ2) is 7.63. The van der Waals surface area contributed by atoms with Crippen molar-refractivity contribution in [3.8, 4) is 0 Å². The first kappa shape index (κ1) is 18.7. The van der Waals surface area contributed by atoms with E-state index in [-0.39, 0.29) is 10.8 Å². The second-order valence-corrected chi connectivity index (χ2v) is 7.91. The van der Waals surface area contributed by atoms with Crippen LogP contribution in [0, 0.1) is 6.92 Å².